The van der Waals surface area contributed by atoms with Crippen LogP contribution >= 0.6 is 0 Å². The molecule has 5 atom stereocenters. The van der Waals surface area contributed by atoms with Crippen molar-refractivity contribution < 1.29 is 12.6 Å². The predicted molar refractivity (Wildman–Crippen MR) is 103 cm³/mol. The van der Waals surface area contributed by atoms with E-state index in [1.807, 2.05) is 0 Å². The molecule has 0 radical (unpaired) electrons. The molecule has 0 unspecified atom stereocenters. The fourth-order valence-corrected chi connectivity index (χ4v) is 7.50. The quantitative estimate of drug-likeness (QED) is 0.509. The van der Waals surface area contributed by atoms with E-state index < -0.39 is 10.1 Å². The molecular weight excluding hydrogens is 332 g/mol. The summed E-state index contributed by atoms with van der Waals surface area (Å²) in [5.74, 6) is 1.61. The molecule has 0 aromatic heterocycles. The second-order valence-electron chi connectivity index (χ2n) is 10.2. The first-order chi connectivity index (χ1) is 11.4. The van der Waals surface area contributed by atoms with Gasteiger partial charge < -0.3 is 0 Å². The van der Waals surface area contributed by atoms with Gasteiger partial charge in [-0.05, 0) is 67.1 Å². The second-order valence-corrected chi connectivity index (χ2v) is 11.9. The van der Waals surface area contributed by atoms with E-state index in [9.17, 15) is 8.42 Å². The molecule has 0 saturated heterocycles. The van der Waals surface area contributed by atoms with E-state index in [1.54, 1.807) is 0 Å². The van der Waals surface area contributed by atoms with Gasteiger partial charge in [-0.25, -0.2) is 0 Å². The second kappa shape index (κ2) is 6.09. The molecule has 2 fully saturated rings. The topological polar surface area (TPSA) is 43.4 Å². The summed E-state index contributed by atoms with van der Waals surface area (Å²) < 4.78 is 28.5. The van der Waals surface area contributed by atoms with Gasteiger partial charge in [-0.2, -0.15) is 8.42 Å². The standard InChI is InChI=1S/C21H36O3S/c1-15-8-9-18-20(4,16(15)14-24-25(6,22)23)13-10-17-19(2,3)11-7-12-21(17,18)5/h8,16-18H,7,9-14H2,1-6H3/t16-,17+,18+,20+,21+/m0/s1. The van der Waals surface area contributed by atoms with Gasteiger partial charge >= 0.3 is 0 Å². The Morgan fingerprint density at radius 1 is 1.08 bits per heavy atom. The fourth-order valence-electron chi connectivity index (χ4n) is 7.12. The molecule has 0 amide bonds. The summed E-state index contributed by atoms with van der Waals surface area (Å²) in [5, 5.41) is 0. The van der Waals surface area contributed by atoms with E-state index in [1.165, 1.54) is 37.7 Å². The molecule has 144 valence electrons. The zero-order valence-corrected chi connectivity index (χ0v) is 17.7. The third-order valence-corrected chi connectivity index (χ3v) is 8.87. The van der Waals surface area contributed by atoms with Gasteiger partial charge in [0.1, 0.15) is 0 Å². The first-order valence-electron chi connectivity index (χ1n) is 9.91. The third kappa shape index (κ3) is 3.22. The Balaban J connectivity index is 1.95. The molecule has 4 heteroatoms. The van der Waals surface area contributed by atoms with E-state index in [0.717, 1.165) is 18.6 Å². The molecule has 3 rings (SSSR count). The lowest BCUT2D eigenvalue weighted by molar-refractivity contribution is -0.148. The SMILES string of the molecule is CC1=CC[C@H]2[C@]3(C)CCCC(C)(C)[C@H]3CC[C@]2(C)[C@H]1COS(C)(=O)=O. The van der Waals surface area contributed by atoms with Gasteiger partial charge in [-0.1, -0.05) is 45.8 Å². The summed E-state index contributed by atoms with van der Waals surface area (Å²) in [7, 11) is -3.40. The number of allylic oxidation sites excluding steroid dienone is 1. The minimum absolute atomic E-state index is 0.141. The van der Waals surface area contributed by atoms with Crippen LogP contribution in [-0.4, -0.2) is 21.3 Å². The number of fused-ring (bicyclic) bond motifs is 3. The Labute approximate surface area is 154 Å². The summed E-state index contributed by atoms with van der Waals surface area (Å²) in [6.45, 7) is 12.3. The van der Waals surface area contributed by atoms with Crippen molar-refractivity contribution in [1.29, 1.82) is 0 Å². The summed E-state index contributed by atoms with van der Waals surface area (Å²) in [6, 6.07) is 0. The van der Waals surface area contributed by atoms with Crippen molar-refractivity contribution in [2.75, 3.05) is 12.9 Å². The van der Waals surface area contributed by atoms with Crippen LogP contribution in [-0.2, 0) is 14.3 Å². The largest absolute Gasteiger partial charge is 0.270 e. The highest BCUT2D eigenvalue weighted by molar-refractivity contribution is 7.85. The molecule has 0 N–H and O–H groups in total. The lowest BCUT2D eigenvalue weighted by Crippen LogP contribution is -2.58. The molecule has 0 heterocycles. The Hall–Kier alpha value is -0.350. The zero-order valence-electron chi connectivity index (χ0n) is 16.9. The Bertz CT molecular complexity index is 663. The van der Waals surface area contributed by atoms with E-state index in [4.69, 9.17) is 4.18 Å². The number of hydrogen-bond donors (Lipinski definition) is 0. The normalized spacial score (nSPS) is 43.8. The molecule has 3 aliphatic rings. The molecule has 0 aliphatic heterocycles. The van der Waals surface area contributed by atoms with Gasteiger partial charge in [0.15, 0.2) is 0 Å². The Morgan fingerprint density at radius 2 is 1.76 bits per heavy atom. The number of rotatable bonds is 3. The smallest absolute Gasteiger partial charge is 0.264 e. The molecule has 0 aromatic rings. The Kier molecular flexibility index (Phi) is 4.73. The van der Waals surface area contributed by atoms with Crippen LogP contribution in [0.2, 0.25) is 0 Å². The first kappa shape index (κ1) is 19.4. The van der Waals surface area contributed by atoms with Crippen LogP contribution in [0, 0.1) is 34.0 Å². The van der Waals surface area contributed by atoms with Gasteiger partial charge in [0.2, 0.25) is 0 Å². The fraction of sp³-hybridized carbons (Fsp3) is 0.905. The highest BCUT2D eigenvalue weighted by Crippen LogP contribution is 2.68. The summed E-state index contributed by atoms with van der Waals surface area (Å²) in [5.41, 5.74) is 2.24. The van der Waals surface area contributed by atoms with Crippen LogP contribution in [0.3, 0.4) is 0 Å². The van der Waals surface area contributed by atoms with Crippen molar-refractivity contribution in [1.82, 2.24) is 0 Å². The van der Waals surface area contributed by atoms with Crippen molar-refractivity contribution in [3.05, 3.63) is 11.6 Å². The van der Waals surface area contributed by atoms with Crippen molar-refractivity contribution in [2.45, 2.75) is 73.1 Å². The minimum atomic E-state index is -3.40. The van der Waals surface area contributed by atoms with Gasteiger partial charge in [0.05, 0.1) is 12.9 Å². The highest BCUT2D eigenvalue weighted by Gasteiger charge is 2.60. The van der Waals surface area contributed by atoms with E-state index >= 15 is 0 Å². The van der Waals surface area contributed by atoms with Crippen LogP contribution < -0.4 is 0 Å². The molecule has 3 aliphatic carbocycles. The van der Waals surface area contributed by atoms with Crippen molar-refractivity contribution in [3.8, 4) is 0 Å². The molecule has 0 bridgehead atoms. The summed E-state index contributed by atoms with van der Waals surface area (Å²) in [4.78, 5) is 0. The number of hydrogen-bond acceptors (Lipinski definition) is 3. The maximum atomic E-state index is 11.6. The summed E-state index contributed by atoms with van der Waals surface area (Å²) in [6.07, 6.45) is 11.1. The third-order valence-electron chi connectivity index (χ3n) is 8.31. The van der Waals surface area contributed by atoms with Gasteiger partial charge in [-0.3, -0.25) is 4.18 Å². The van der Waals surface area contributed by atoms with Crippen molar-refractivity contribution >= 4 is 10.1 Å². The van der Waals surface area contributed by atoms with E-state index in [0.29, 0.717) is 23.4 Å². The Morgan fingerprint density at radius 3 is 2.40 bits per heavy atom. The van der Waals surface area contributed by atoms with E-state index in [-0.39, 0.29) is 11.3 Å². The van der Waals surface area contributed by atoms with Gasteiger partial charge in [0.25, 0.3) is 10.1 Å². The molecule has 0 spiro atoms. The van der Waals surface area contributed by atoms with Gasteiger partial charge in [0, 0.05) is 5.92 Å². The van der Waals surface area contributed by atoms with Crippen LogP contribution in [0.25, 0.3) is 0 Å². The van der Waals surface area contributed by atoms with Crippen LogP contribution in [0.15, 0.2) is 11.6 Å². The van der Waals surface area contributed by atoms with Crippen molar-refractivity contribution in [3.63, 3.8) is 0 Å². The molecule has 0 aromatic carbocycles. The first-order valence-corrected chi connectivity index (χ1v) is 11.7. The van der Waals surface area contributed by atoms with Crippen LogP contribution in [0.1, 0.15) is 73.1 Å². The zero-order chi connectivity index (χ0) is 18.7. The van der Waals surface area contributed by atoms with Crippen LogP contribution in [0.4, 0.5) is 0 Å². The minimum Gasteiger partial charge on any atom is -0.270 e. The molecular formula is C21H36O3S. The van der Waals surface area contributed by atoms with Gasteiger partial charge in [-0.15, -0.1) is 0 Å². The van der Waals surface area contributed by atoms with Crippen LogP contribution in [0.5, 0.6) is 0 Å². The molecule has 25 heavy (non-hydrogen) atoms. The van der Waals surface area contributed by atoms with Crippen molar-refractivity contribution in [2.24, 2.45) is 34.0 Å². The lowest BCUT2D eigenvalue weighted by Gasteiger charge is -2.65. The maximum Gasteiger partial charge on any atom is 0.264 e. The maximum absolute atomic E-state index is 11.6. The predicted octanol–water partition coefficient (Wildman–Crippen LogP) is 5.18. The lowest BCUT2D eigenvalue weighted by atomic mass is 9.40. The monoisotopic (exact) mass is 368 g/mol. The average molecular weight is 369 g/mol. The molecule has 3 nitrogen and oxygen atoms in total. The highest BCUT2D eigenvalue weighted by atomic mass is 32.2. The molecule has 2 saturated carbocycles. The van der Waals surface area contributed by atoms with E-state index in [2.05, 4.69) is 40.7 Å². The average Bonchev–Trinajstić information content (AvgIpc) is 2.43. The summed E-state index contributed by atoms with van der Waals surface area (Å²) >= 11 is 0.